The molecular formula is C7H12ClN3S. The van der Waals surface area contributed by atoms with E-state index in [2.05, 4.69) is 22.0 Å². The molecule has 0 bridgehead atoms. The lowest BCUT2D eigenvalue weighted by Gasteiger charge is -2.18. The molecule has 3 nitrogen and oxygen atoms in total. The van der Waals surface area contributed by atoms with E-state index in [1.807, 2.05) is 0 Å². The minimum atomic E-state index is 0.638. The second-order valence-electron chi connectivity index (χ2n) is 2.40. The second kappa shape index (κ2) is 5.32. The average molecular weight is 206 g/mol. The van der Waals surface area contributed by atoms with Crippen molar-refractivity contribution in [2.24, 2.45) is 0 Å². The number of nitrogens with zero attached hydrogens (tertiary/aromatic N) is 3. The van der Waals surface area contributed by atoms with Gasteiger partial charge in [-0.2, -0.15) is 0 Å². The molecule has 0 amide bonds. The van der Waals surface area contributed by atoms with Gasteiger partial charge in [-0.3, -0.25) is 0 Å². The Labute approximate surface area is 81.4 Å². The van der Waals surface area contributed by atoms with Gasteiger partial charge >= 0.3 is 0 Å². The van der Waals surface area contributed by atoms with Crippen molar-refractivity contribution in [3.8, 4) is 0 Å². The Morgan fingerprint density at radius 1 is 1.58 bits per heavy atom. The Hall–Kier alpha value is -0.350. The first-order valence-electron chi connectivity index (χ1n) is 3.95. The van der Waals surface area contributed by atoms with Crippen molar-refractivity contribution in [1.29, 1.82) is 0 Å². The molecule has 1 rings (SSSR count). The summed E-state index contributed by atoms with van der Waals surface area (Å²) in [5.74, 6) is 0.638. The van der Waals surface area contributed by atoms with E-state index in [0.717, 1.165) is 24.6 Å². The molecule has 0 aliphatic heterocycles. The van der Waals surface area contributed by atoms with Gasteiger partial charge in [-0.1, -0.05) is 18.3 Å². The van der Waals surface area contributed by atoms with Crippen LogP contribution in [0.4, 0.5) is 5.13 Å². The molecular weight excluding hydrogens is 194 g/mol. The summed E-state index contributed by atoms with van der Waals surface area (Å²) in [6.45, 7) is 3.99. The molecule has 0 atom stereocenters. The normalized spacial score (nSPS) is 10.2. The topological polar surface area (TPSA) is 29.0 Å². The van der Waals surface area contributed by atoms with Crippen molar-refractivity contribution < 1.29 is 0 Å². The van der Waals surface area contributed by atoms with Crippen LogP contribution in [0.3, 0.4) is 0 Å². The fourth-order valence-electron chi connectivity index (χ4n) is 0.980. The molecule has 0 saturated carbocycles. The highest BCUT2D eigenvalue weighted by Crippen LogP contribution is 2.15. The molecule has 1 aromatic rings. The number of hydrogen-bond donors (Lipinski definition) is 0. The molecule has 0 fully saturated rings. The summed E-state index contributed by atoms with van der Waals surface area (Å²) in [5.41, 5.74) is 1.74. The molecule has 0 aromatic carbocycles. The lowest BCUT2D eigenvalue weighted by atomic mass is 10.4. The highest BCUT2D eigenvalue weighted by atomic mass is 35.5. The van der Waals surface area contributed by atoms with Crippen LogP contribution in [-0.2, 0) is 0 Å². The number of rotatable bonds is 5. The van der Waals surface area contributed by atoms with Crippen molar-refractivity contribution in [1.82, 2.24) is 10.2 Å². The van der Waals surface area contributed by atoms with Crippen LogP contribution in [0.25, 0.3) is 0 Å². The van der Waals surface area contributed by atoms with Crippen molar-refractivity contribution >= 4 is 28.1 Å². The molecule has 0 unspecified atom stereocenters. The van der Waals surface area contributed by atoms with E-state index in [0.29, 0.717) is 5.88 Å². The summed E-state index contributed by atoms with van der Waals surface area (Å²) < 4.78 is 0. The smallest absolute Gasteiger partial charge is 0.208 e. The number of hydrogen-bond acceptors (Lipinski definition) is 4. The molecule has 68 valence electrons. The van der Waals surface area contributed by atoms with Crippen LogP contribution in [0.5, 0.6) is 0 Å². The van der Waals surface area contributed by atoms with Crippen LogP contribution in [-0.4, -0.2) is 29.2 Å². The van der Waals surface area contributed by atoms with Gasteiger partial charge in [-0.15, -0.1) is 21.8 Å². The first kappa shape index (κ1) is 9.74. The van der Waals surface area contributed by atoms with Gasteiger partial charge in [0.25, 0.3) is 0 Å². The highest BCUT2D eigenvalue weighted by molar-refractivity contribution is 7.13. The third-order valence-electron chi connectivity index (χ3n) is 1.47. The average Bonchev–Trinajstić information content (AvgIpc) is 2.56. The van der Waals surface area contributed by atoms with E-state index in [9.17, 15) is 0 Å². The summed E-state index contributed by atoms with van der Waals surface area (Å²) >= 11 is 7.22. The van der Waals surface area contributed by atoms with Gasteiger partial charge in [0, 0.05) is 19.0 Å². The Balaban J connectivity index is 2.53. The monoisotopic (exact) mass is 205 g/mol. The molecule has 1 heterocycles. The number of aromatic nitrogens is 2. The maximum atomic E-state index is 5.66. The molecule has 1 aromatic heterocycles. The summed E-state index contributed by atoms with van der Waals surface area (Å²) in [6.07, 6.45) is 1.11. The summed E-state index contributed by atoms with van der Waals surface area (Å²) in [7, 11) is 0. The quantitative estimate of drug-likeness (QED) is 0.689. The van der Waals surface area contributed by atoms with E-state index in [4.69, 9.17) is 11.6 Å². The van der Waals surface area contributed by atoms with Crippen LogP contribution in [0.2, 0.25) is 0 Å². The largest absolute Gasteiger partial charge is 0.345 e. The molecule has 0 radical (unpaired) electrons. The minimum absolute atomic E-state index is 0.638. The molecule has 0 aliphatic carbocycles. The Bertz CT molecular complexity index is 196. The zero-order chi connectivity index (χ0) is 8.81. The van der Waals surface area contributed by atoms with E-state index in [1.165, 1.54) is 0 Å². The van der Waals surface area contributed by atoms with Crippen LogP contribution in [0.1, 0.15) is 13.3 Å². The molecule has 0 spiro atoms. The molecule has 5 heteroatoms. The van der Waals surface area contributed by atoms with E-state index in [1.54, 1.807) is 16.8 Å². The predicted octanol–water partition coefficient (Wildman–Crippen LogP) is 1.99. The van der Waals surface area contributed by atoms with Gasteiger partial charge < -0.3 is 4.90 Å². The minimum Gasteiger partial charge on any atom is -0.345 e. The molecule has 0 N–H and O–H groups in total. The third-order valence-corrected chi connectivity index (χ3v) is 2.39. The summed E-state index contributed by atoms with van der Waals surface area (Å²) in [4.78, 5) is 2.16. The number of halogens is 1. The summed E-state index contributed by atoms with van der Waals surface area (Å²) in [6, 6.07) is 0. The Morgan fingerprint density at radius 3 is 2.92 bits per heavy atom. The third kappa shape index (κ3) is 2.60. The second-order valence-corrected chi connectivity index (χ2v) is 3.59. The van der Waals surface area contributed by atoms with Crippen LogP contribution < -0.4 is 4.90 Å². The molecule has 0 saturated heterocycles. The number of anilines is 1. The maximum absolute atomic E-state index is 5.66. The molecule has 12 heavy (non-hydrogen) atoms. The highest BCUT2D eigenvalue weighted by Gasteiger charge is 2.06. The Kier molecular flexibility index (Phi) is 4.32. The summed E-state index contributed by atoms with van der Waals surface area (Å²) in [5, 5.41) is 8.75. The van der Waals surface area contributed by atoms with E-state index < -0.39 is 0 Å². The van der Waals surface area contributed by atoms with Gasteiger partial charge in [0.05, 0.1) is 0 Å². The maximum Gasteiger partial charge on any atom is 0.208 e. The number of alkyl halides is 1. The van der Waals surface area contributed by atoms with Crippen molar-refractivity contribution in [3.63, 3.8) is 0 Å². The van der Waals surface area contributed by atoms with Gasteiger partial charge in [0.1, 0.15) is 5.51 Å². The van der Waals surface area contributed by atoms with Gasteiger partial charge in [-0.05, 0) is 6.42 Å². The van der Waals surface area contributed by atoms with Crippen LogP contribution in [0.15, 0.2) is 5.51 Å². The first-order chi connectivity index (χ1) is 5.88. The van der Waals surface area contributed by atoms with E-state index >= 15 is 0 Å². The molecule has 0 aliphatic rings. The first-order valence-corrected chi connectivity index (χ1v) is 5.37. The Morgan fingerprint density at radius 2 is 2.42 bits per heavy atom. The van der Waals surface area contributed by atoms with E-state index in [-0.39, 0.29) is 0 Å². The predicted molar refractivity (Wildman–Crippen MR) is 53.1 cm³/mol. The van der Waals surface area contributed by atoms with Gasteiger partial charge in [0.2, 0.25) is 5.13 Å². The zero-order valence-electron chi connectivity index (χ0n) is 7.03. The van der Waals surface area contributed by atoms with Crippen molar-refractivity contribution in [2.75, 3.05) is 23.9 Å². The SMILES string of the molecule is CCCN(CCCl)c1nncs1. The van der Waals surface area contributed by atoms with Crippen LogP contribution >= 0.6 is 22.9 Å². The van der Waals surface area contributed by atoms with Gasteiger partial charge in [0.15, 0.2) is 0 Å². The van der Waals surface area contributed by atoms with Crippen molar-refractivity contribution in [3.05, 3.63) is 5.51 Å². The van der Waals surface area contributed by atoms with Crippen LogP contribution in [0, 0.1) is 0 Å². The lowest BCUT2D eigenvalue weighted by molar-refractivity contribution is 0.783. The standard InChI is InChI=1S/C7H12ClN3S/c1-2-4-11(5-3-8)7-10-9-6-12-7/h6H,2-5H2,1H3. The van der Waals surface area contributed by atoms with Crippen molar-refractivity contribution in [2.45, 2.75) is 13.3 Å². The zero-order valence-corrected chi connectivity index (χ0v) is 8.61. The van der Waals surface area contributed by atoms with Gasteiger partial charge in [-0.25, -0.2) is 0 Å². The lowest BCUT2D eigenvalue weighted by Crippen LogP contribution is -2.26. The fourth-order valence-corrected chi connectivity index (χ4v) is 1.80. The fraction of sp³-hybridized carbons (Fsp3) is 0.714.